The fourth-order valence-electron chi connectivity index (χ4n) is 2.72. The van der Waals surface area contributed by atoms with Gasteiger partial charge in [-0.2, -0.15) is 4.98 Å². The number of hydrogen-bond acceptors (Lipinski definition) is 5. The molecule has 5 nitrogen and oxygen atoms in total. The van der Waals surface area contributed by atoms with Gasteiger partial charge in [0.05, 0.1) is 6.61 Å². The molecule has 1 atom stereocenters. The monoisotopic (exact) mass is 292 g/mol. The maximum absolute atomic E-state index is 5.54. The summed E-state index contributed by atoms with van der Waals surface area (Å²) >= 11 is 0. The van der Waals surface area contributed by atoms with Gasteiger partial charge in [-0.1, -0.05) is 13.8 Å². The molecule has 0 aromatic carbocycles. The fraction of sp³-hybridized carbons (Fsp3) is 0.750. The van der Waals surface area contributed by atoms with E-state index in [0.717, 1.165) is 31.3 Å². The molecule has 1 unspecified atom stereocenters. The molecule has 0 bridgehead atoms. The quantitative estimate of drug-likeness (QED) is 0.836. The molecule has 5 heteroatoms. The second kappa shape index (κ2) is 7.59. The summed E-state index contributed by atoms with van der Waals surface area (Å²) in [5, 5.41) is 3.55. The van der Waals surface area contributed by atoms with Gasteiger partial charge in [0, 0.05) is 30.9 Å². The van der Waals surface area contributed by atoms with Gasteiger partial charge in [-0.15, -0.1) is 0 Å². The topological polar surface area (TPSA) is 50.3 Å². The highest BCUT2D eigenvalue weighted by atomic mass is 16.5. The molecule has 0 radical (unpaired) electrons. The van der Waals surface area contributed by atoms with Crippen LogP contribution in [0.2, 0.25) is 0 Å². The Morgan fingerprint density at radius 3 is 2.95 bits per heavy atom. The van der Waals surface area contributed by atoms with Crippen LogP contribution in [0.25, 0.3) is 0 Å². The lowest BCUT2D eigenvalue weighted by atomic mass is 10.2. The lowest BCUT2D eigenvalue weighted by Crippen LogP contribution is -2.40. The van der Waals surface area contributed by atoms with Gasteiger partial charge >= 0.3 is 0 Å². The van der Waals surface area contributed by atoms with E-state index in [0.29, 0.717) is 24.4 Å². The first-order valence-electron chi connectivity index (χ1n) is 8.06. The Bertz CT molecular complexity index is 450. The molecular weight excluding hydrogens is 264 g/mol. The van der Waals surface area contributed by atoms with Gasteiger partial charge in [0.15, 0.2) is 0 Å². The summed E-state index contributed by atoms with van der Waals surface area (Å²) in [4.78, 5) is 11.5. The standard InChI is InChI=1S/C16H28N4O/c1-5-21-15-9-13(4)18-16(19-15)20-8-6-7-14(20)11-17-10-12(2)3/h9,12,14,17H,5-8,10-11H2,1-4H3. The lowest BCUT2D eigenvalue weighted by molar-refractivity contribution is 0.325. The second-order valence-electron chi connectivity index (χ2n) is 6.12. The predicted octanol–water partition coefficient (Wildman–Crippen LogP) is 2.40. The third-order valence-electron chi connectivity index (χ3n) is 3.68. The number of ether oxygens (including phenoxy) is 1. The summed E-state index contributed by atoms with van der Waals surface area (Å²) < 4.78 is 5.54. The first kappa shape index (κ1) is 16.0. The van der Waals surface area contributed by atoms with Gasteiger partial charge in [-0.3, -0.25) is 0 Å². The van der Waals surface area contributed by atoms with E-state index in [-0.39, 0.29) is 0 Å². The molecule has 118 valence electrons. The Morgan fingerprint density at radius 1 is 1.43 bits per heavy atom. The highest BCUT2D eigenvalue weighted by Crippen LogP contribution is 2.24. The van der Waals surface area contributed by atoms with Crippen molar-refractivity contribution in [1.82, 2.24) is 15.3 Å². The molecule has 2 heterocycles. The van der Waals surface area contributed by atoms with Crippen molar-refractivity contribution in [3.63, 3.8) is 0 Å². The molecule has 2 rings (SSSR count). The molecular formula is C16H28N4O. The van der Waals surface area contributed by atoms with Crippen LogP contribution in [0.5, 0.6) is 5.88 Å². The Kier molecular flexibility index (Phi) is 5.79. The van der Waals surface area contributed by atoms with Gasteiger partial charge in [0.1, 0.15) is 0 Å². The predicted molar refractivity (Wildman–Crippen MR) is 86.0 cm³/mol. The molecule has 21 heavy (non-hydrogen) atoms. The van der Waals surface area contributed by atoms with E-state index in [4.69, 9.17) is 4.74 Å². The number of nitrogens with one attached hydrogen (secondary N) is 1. The summed E-state index contributed by atoms with van der Waals surface area (Å²) in [6, 6.07) is 2.38. The summed E-state index contributed by atoms with van der Waals surface area (Å²) in [5.74, 6) is 2.17. The molecule has 1 aliphatic rings. The van der Waals surface area contributed by atoms with E-state index in [1.807, 2.05) is 19.9 Å². The van der Waals surface area contributed by atoms with Gasteiger partial charge in [0.2, 0.25) is 11.8 Å². The molecule has 1 N–H and O–H groups in total. The van der Waals surface area contributed by atoms with Crippen LogP contribution in [-0.2, 0) is 0 Å². The Morgan fingerprint density at radius 2 is 2.24 bits per heavy atom. The zero-order valence-electron chi connectivity index (χ0n) is 13.7. The van der Waals surface area contributed by atoms with Crippen LogP contribution in [-0.4, -0.2) is 42.3 Å². The number of aryl methyl sites for hydroxylation is 1. The molecule has 0 spiro atoms. The van der Waals surface area contributed by atoms with Crippen LogP contribution >= 0.6 is 0 Å². The normalized spacial score (nSPS) is 18.5. The molecule has 1 fully saturated rings. The van der Waals surface area contributed by atoms with E-state index >= 15 is 0 Å². The van der Waals surface area contributed by atoms with Gasteiger partial charge < -0.3 is 15.0 Å². The maximum Gasteiger partial charge on any atom is 0.229 e. The highest BCUT2D eigenvalue weighted by Gasteiger charge is 2.26. The zero-order valence-corrected chi connectivity index (χ0v) is 13.7. The lowest BCUT2D eigenvalue weighted by Gasteiger charge is -2.25. The second-order valence-corrected chi connectivity index (χ2v) is 6.12. The minimum atomic E-state index is 0.486. The molecule has 0 aliphatic carbocycles. The first-order valence-corrected chi connectivity index (χ1v) is 8.06. The molecule has 1 aliphatic heterocycles. The summed E-state index contributed by atoms with van der Waals surface area (Å²) in [7, 11) is 0. The highest BCUT2D eigenvalue weighted by molar-refractivity contribution is 5.37. The van der Waals surface area contributed by atoms with Crippen LogP contribution < -0.4 is 15.0 Å². The Labute approximate surface area is 128 Å². The van der Waals surface area contributed by atoms with Crippen molar-refractivity contribution < 1.29 is 4.74 Å². The van der Waals surface area contributed by atoms with Crippen molar-refractivity contribution >= 4 is 5.95 Å². The van der Waals surface area contributed by atoms with Crippen molar-refractivity contribution in [2.45, 2.75) is 46.6 Å². The number of anilines is 1. The molecule has 1 aromatic rings. The minimum absolute atomic E-state index is 0.486. The van der Waals surface area contributed by atoms with Crippen LogP contribution in [0.4, 0.5) is 5.95 Å². The number of rotatable bonds is 7. The number of hydrogen-bond donors (Lipinski definition) is 1. The minimum Gasteiger partial charge on any atom is -0.478 e. The van der Waals surface area contributed by atoms with E-state index < -0.39 is 0 Å². The third-order valence-corrected chi connectivity index (χ3v) is 3.68. The molecule has 1 aromatic heterocycles. The average molecular weight is 292 g/mol. The van der Waals surface area contributed by atoms with Crippen LogP contribution in [0, 0.1) is 12.8 Å². The largest absolute Gasteiger partial charge is 0.478 e. The van der Waals surface area contributed by atoms with Crippen molar-refractivity contribution in [3.8, 4) is 5.88 Å². The van der Waals surface area contributed by atoms with E-state index in [9.17, 15) is 0 Å². The summed E-state index contributed by atoms with van der Waals surface area (Å²) in [6.07, 6.45) is 2.40. The smallest absolute Gasteiger partial charge is 0.229 e. The Hall–Kier alpha value is -1.36. The van der Waals surface area contributed by atoms with Crippen LogP contribution in [0.15, 0.2) is 6.07 Å². The van der Waals surface area contributed by atoms with Crippen LogP contribution in [0.1, 0.15) is 39.3 Å². The van der Waals surface area contributed by atoms with Crippen LogP contribution in [0.3, 0.4) is 0 Å². The molecule has 1 saturated heterocycles. The average Bonchev–Trinajstić information content (AvgIpc) is 2.86. The Balaban J connectivity index is 2.04. The van der Waals surface area contributed by atoms with Crippen molar-refractivity contribution in [1.29, 1.82) is 0 Å². The third kappa shape index (κ3) is 4.56. The van der Waals surface area contributed by atoms with E-state index in [1.54, 1.807) is 0 Å². The SMILES string of the molecule is CCOc1cc(C)nc(N2CCCC2CNCC(C)C)n1. The summed E-state index contributed by atoms with van der Waals surface area (Å²) in [6.45, 7) is 12.2. The number of aromatic nitrogens is 2. The van der Waals surface area contributed by atoms with Gasteiger partial charge in [0.25, 0.3) is 0 Å². The van der Waals surface area contributed by atoms with Gasteiger partial charge in [-0.25, -0.2) is 4.98 Å². The van der Waals surface area contributed by atoms with Crippen molar-refractivity contribution in [3.05, 3.63) is 11.8 Å². The number of nitrogens with zero attached hydrogens (tertiary/aromatic N) is 3. The maximum atomic E-state index is 5.54. The summed E-state index contributed by atoms with van der Waals surface area (Å²) in [5.41, 5.74) is 0.962. The van der Waals surface area contributed by atoms with Crippen molar-refractivity contribution in [2.75, 3.05) is 31.1 Å². The molecule has 0 saturated carbocycles. The fourth-order valence-corrected chi connectivity index (χ4v) is 2.72. The van der Waals surface area contributed by atoms with E-state index in [2.05, 4.69) is 34.0 Å². The van der Waals surface area contributed by atoms with E-state index in [1.165, 1.54) is 12.8 Å². The first-order chi connectivity index (χ1) is 10.1. The molecule has 0 amide bonds. The van der Waals surface area contributed by atoms with Gasteiger partial charge in [-0.05, 0) is 39.2 Å². The zero-order chi connectivity index (χ0) is 15.2. The van der Waals surface area contributed by atoms with Crippen molar-refractivity contribution in [2.24, 2.45) is 5.92 Å².